The second kappa shape index (κ2) is 5.12. The third-order valence-electron chi connectivity index (χ3n) is 3.18. The first-order chi connectivity index (χ1) is 8.76. The molecule has 1 N–H and O–H groups in total. The Morgan fingerprint density at radius 2 is 2.11 bits per heavy atom. The van der Waals surface area contributed by atoms with Gasteiger partial charge in [-0.2, -0.15) is 4.39 Å². The lowest BCUT2D eigenvalue weighted by atomic mass is 9.90. The number of alkyl carbamates (subject to hydrolysis) is 1. The number of aryl methyl sites for hydroxylation is 1. The van der Waals surface area contributed by atoms with E-state index in [4.69, 9.17) is 4.74 Å². The van der Waals surface area contributed by atoms with Crippen LogP contribution in [-0.4, -0.2) is 17.7 Å². The molecule has 1 aliphatic carbocycles. The molecule has 0 radical (unpaired) electrons. The Kier molecular flexibility index (Phi) is 3.85. The predicted octanol–water partition coefficient (Wildman–Crippen LogP) is 3.58. The molecule has 0 saturated heterocycles. The van der Waals surface area contributed by atoms with Crippen molar-refractivity contribution in [2.45, 2.75) is 58.6 Å². The predicted molar refractivity (Wildman–Crippen MR) is 74.2 cm³/mol. The summed E-state index contributed by atoms with van der Waals surface area (Å²) in [4.78, 5) is 12.7. The van der Waals surface area contributed by atoms with Crippen LogP contribution in [0.2, 0.25) is 0 Å². The van der Waals surface area contributed by atoms with Crippen LogP contribution in [0.15, 0.2) is 0 Å². The average molecular weight is 285 g/mol. The molecule has 19 heavy (non-hydrogen) atoms. The highest BCUT2D eigenvalue weighted by Gasteiger charge is 2.27. The molecule has 0 saturated carbocycles. The Hall–Kier alpha value is -1.10. The van der Waals surface area contributed by atoms with E-state index in [1.165, 1.54) is 11.3 Å². The zero-order valence-electron chi connectivity index (χ0n) is 11.8. The summed E-state index contributed by atoms with van der Waals surface area (Å²) in [5, 5.41) is 2.81. The number of ether oxygens (including phenoxy) is 1. The molecule has 3 nitrogen and oxygen atoms in total. The number of fused-ring (bicyclic) bond motifs is 1. The van der Waals surface area contributed by atoms with Crippen molar-refractivity contribution in [2.75, 3.05) is 0 Å². The number of halogens is 1. The van der Waals surface area contributed by atoms with Crippen LogP contribution in [-0.2, 0) is 17.6 Å². The van der Waals surface area contributed by atoms with Gasteiger partial charge in [-0.1, -0.05) is 0 Å². The Morgan fingerprint density at radius 3 is 2.74 bits per heavy atom. The fraction of sp³-hybridized carbons (Fsp3) is 0.643. The summed E-state index contributed by atoms with van der Waals surface area (Å²) in [7, 11) is 0. The van der Waals surface area contributed by atoms with Crippen molar-refractivity contribution in [1.29, 1.82) is 0 Å². The molecule has 1 atom stereocenters. The molecule has 2 rings (SSSR count). The quantitative estimate of drug-likeness (QED) is 0.856. The minimum atomic E-state index is -0.492. The molecule has 0 spiro atoms. The first-order valence-electron chi connectivity index (χ1n) is 6.52. The van der Waals surface area contributed by atoms with E-state index in [1.807, 2.05) is 27.7 Å². The minimum Gasteiger partial charge on any atom is -0.444 e. The highest BCUT2D eigenvalue weighted by Crippen LogP contribution is 2.32. The highest BCUT2D eigenvalue weighted by molar-refractivity contribution is 7.10. The van der Waals surface area contributed by atoms with Gasteiger partial charge in [-0.3, -0.25) is 0 Å². The van der Waals surface area contributed by atoms with Crippen LogP contribution < -0.4 is 5.32 Å². The largest absolute Gasteiger partial charge is 0.444 e. The molecule has 1 heterocycles. The second-order valence-corrected chi connectivity index (χ2v) is 7.15. The fourth-order valence-electron chi connectivity index (χ4n) is 2.37. The molecule has 0 bridgehead atoms. The van der Waals surface area contributed by atoms with Gasteiger partial charge in [0.2, 0.25) is 0 Å². The first-order valence-corrected chi connectivity index (χ1v) is 7.34. The lowest BCUT2D eigenvalue weighted by Gasteiger charge is -2.26. The van der Waals surface area contributed by atoms with Crippen LogP contribution in [0.25, 0.3) is 0 Å². The summed E-state index contributed by atoms with van der Waals surface area (Å²) in [6.45, 7) is 7.44. The minimum absolute atomic E-state index is 0.0371. The van der Waals surface area contributed by atoms with Crippen molar-refractivity contribution in [2.24, 2.45) is 0 Å². The number of amides is 1. The summed E-state index contributed by atoms with van der Waals surface area (Å²) < 4.78 is 18.9. The van der Waals surface area contributed by atoms with Gasteiger partial charge in [0, 0.05) is 16.5 Å². The number of rotatable bonds is 1. The maximum absolute atomic E-state index is 13.6. The van der Waals surface area contributed by atoms with Crippen molar-refractivity contribution < 1.29 is 13.9 Å². The average Bonchev–Trinajstić information content (AvgIpc) is 2.51. The Morgan fingerprint density at radius 1 is 1.42 bits per heavy atom. The lowest BCUT2D eigenvalue weighted by Crippen LogP contribution is -2.41. The van der Waals surface area contributed by atoms with E-state index in [0.717, 1.165) is 22.4 Å². The molecule has 1 aromatic rings. The van der Waals surface area contributed by atoms with Gasteiger partial charge in [0.1, 0.15) is 5.60 Å². The summed E-state index contributed by atoms with van der Waals surface area (Å²) in [5.74, 6) is 0. The van der Waals surface area contributed by atoms with Gasteiger partial charge in [0.15, 0.2) is 5.13 Å². The molecule has 5 heteroatoms. The molecule has 0 fully saturated rings. The molecule has 1 amide bonds. The van der Waals surface area contributed by atoms with Gasteiger partial charge in [0.05, 0.1) is 0 Å². The number of hydrogen-bond acceptors (Lipinski definition) is 3. The lowest BCUT2D eigenvalue weighted by molar-refractivity contribution is 0.0500. The number of hydrogen-bond donors (Lipinski definition) is 1. The van der Waals surface area contributed by atoms with E-state index in [-0.39, 0.29) is 11.2 Å². The first kappa shape index (κ1) is 14.3. The number of carbonyl (C=O) groups is 1. The number of carbonyl (C=O) groups excluding carboxylic acids is 1. The van der Waals surface area contributed by atoms with Crippen molar-refractivity contribution in [3.63, 3.8) is 0 Å². The van der Waals surface area contributed by atoms with Crippen LogP contribution in [0.4, 0.5) is 9.18 Å². The number of nitrogens with one attached hydrogen (secondary N) is 1. The molecule has 1 aromatic heterocycles. The topological polar surface area (TPSA) is 38.3 Å². The van der Waals surface area contributed by atoms with Gasteiger partial charge in [0.25, 0.3) is 0 Å². The molecular formula is C14H20FNO2S. The Labute approximate surface area is 117 Å². The van der Waals surface area contributed by atoms with Crippen LogP contribution in [0.5, 0.6) is 0 Å². The van der Waals surface area contributed by atoms with Gasteiger partial charge < -0.3 is 10.1 Å². The standard InChI is InChI=1S/C14H20FNO2S/c1-8-11-7-9(5-6-10(11)12(15)19-8)16-13(17)18-14(2,3)4/h9H,5-7H2,1-4H3,(H,16,17). The highest BCUT2D eigenvalue weighted by atomic mass is 32.1. The van der Waals surface area contributed by atoms with Crippen molar-refractivity contribution in [3.05, 3.63) is 21.1 Å². The number of thiophene rings is 1. The van der Waals surface area contributed by atoms with E-state index in [0.29, 0.717) is 12.8 Å². The van der Waals surface area contributed by atoms with Gasteiger partial charge in [-0.15, -0.1) is 11.3 Å². The van der Waals surface area contributed by atoms with E-state index in [9.17, 15) is 9.18 Å². The summed E-state index contributed by atoms with van der Waals surface area (Å²) in [6.07, 6.45) is 1.75. The molecule has 0 aliphatic heterocycles. The molecule has 0 aromatic carbocycles. The van der Waals surface area contributed by atoms with Crippen LogP contribution >= 0.6 is 11.3 Å². The monoisotopic (exact) mass is 285 g/mol. The summed E-state index contributed by atoms with van der Waals surface area (Å²) in [5.41, 5.74) is 1.41. The third-order valence-corrected chi connectivity index (χ3v) is 4.16. The summed E-state index contributed by atoms with van der Waals surface area (Å²) >= 11 is 1.21. The van der Waals surface area contributed by atoms with Gasteiger partial charge >= 0.3 is 6.09 Å². The van der Waals surface area contributed by atoms with Gasteiger partial charge in [-0.25, -0.2) is 4.79 Å². The van der Waals surface area contributed by atoms with Crippen molar-refractivity contribution in [3.8, 4) is 0 Å². The SMILES string of the molecule is Cc1sc(F)c2c1CC(NC(=O)OC(C)(C)C)CC2. The van der Waals surface area contributed by atoms with E-state index in [1.54, 1.807) is 0 Å². The van der Waals surface area contributed by atoms with E-state index < -0.39 is 11.7 Å². The van der Waals surface area contributed by atoms with Crippen molar-refractivity contribution >= 4 is 17.4 Å². The fourth-order valence-corrected chi connectivity index (χ4v) is 3.32. The maximum Gasteiger partial charge on any atom is 0.407 e. The van der Waals surface area contributed by atoms with Crippen molar-refractivity contribution in [1.82, 2.24) is 5.32 Å². The Balaban J connectivity index is 1.99. The van der Waals surface area contributed by atoms with Crippen LogP contribution in [0.1, 0.15) is 43.2 Å². The normalized spacial score (nSPS) is 18.9. The molecule has 1 aliphatic rings. The van der Waals surface area contributed by atoms with Crippen LogP contribution in [0.3, 0.4) is 0 Å². The van der Waals surface area contributed by atoms with Crippen LogP contribution in [0, 0.1) is 12.1 Å². The second-order valence-electron chi connectivity index (χ2n) is 5.98. The third kappa shape index (κ3) is 3.47. The maximum atomic E-state index is 13.6. The zero-order chi connectivity index (χ0) is 14.2. The van der Waals surface area contributed by atoms with Gasteiger partial charge in [-0.05, 0) is 52.5 Å². The van der Waals surface area contributed by atoms with E-state index in [2.05, 4.69) is 5.32 Å². The Bertz CT molecular complexity index is 490. The molecule has 106 valence electrons. The van der Waals surface area contributed by atoms with E-state index >= 15 is 0 Å². The smallest absolute Gasteiger partial charge is 0.407 e. The molecule has 1 unspecified atom stereocenters. The summed E-state index contributed by atoms with van der Waals surface area (Å²) in [6, 6.07) is 0.0371. The molecular weight excluding hydrogens is 265 g/mol. The zero-order valence-corrected chi connectivity index (χ0v) is 12.6.